The van der Waals surface area contributed by atoms with E-state index in [2.05, 4.69) is 19.2 Å². The van der Waals surface area contributed by atoms with Crippen molar-refractivity contribution in [2.24, 2.45) is 0 Å². The quantitative estimate of drug-likeness (QED) is 0.694. The van der Waals surface area contributed by atoms with Crippen molar-refractivity contribution in [3.63, 3.8) is 0 Å². The fraction of sp³-hybridized carbons (Fsp3) is 0.400. The molecule has 0 radical (unpaired) electrons. The highest BCUT2D eigenvalue weighted by molar-refractivity contribution is 5.85. The van der Waals surface area contributed by atoms with E-state index >= 15 is 0 Å². The highest BCUT2D eigenvalue weighted by Gasteiger charge is 2.19. The molecule has 2 aromatic carbocycles. The minimum atomic E-state index is -0.682. The molecule has 1 unspecified atom stereocenters. The number of ether oxygens (including phenoxy) is 2. The second-order valence-electron chi connectivity index (χ2n) is 6.71. The lowest BCUT2D eigenvalue weighted by Gasteiger charge is -2.28. The molecule has 2 rings (SSSR count). The van der Waals surface area contributed by atoms with Crippen LogP contribution in [-0.4, -0.2) is 37.0 Å². The first-order valence-corrected chi connectivity index (χ1v) is 8.32. The average molecular weight is 384 g/mol. The Bertz CT molecular complexity index is 664. The first kappa shape index (κ1) is 22.2. The summed E-state index contributed by atoms with van der Waals surface area (Å²) in [6.07, 6.45) is 0.132. The van der Waals surface area contributed by atoms with Crippen molar-refractivity contribution in [1.82, 2.24) is 5.32 Å². The number of nitrogens with one attached hydrogen (secondary N) is 1. The largest absolute Gasteiger partial charge is 0.497 e. The van der Waals surface area contributed by atoms with Crippen LogP contribution >= 0.6 is 12.4 Å². The summed E-state index contributed by atoms with van der Waals surface area (Å²) in [5, 5.41) is 13.4. The molecule has 0 fully saturated rings. The van der Waals surface area contributed by atoms with Crippen LogP contribution < -0.4 is 14.8 Å². The lowest BCUT2D eigenvalue weighted by Crippen LogP contribution is -2.46. The minimum Gasteiger partial charge on any atom is -0.497 e. The van der Waals surface area contributed by atoms with Gasteiger partial charge < -0.3 is 19.9 Å². The van der Waals surface area contributed by atoms with Crippen molar-refractivity contribution in [2.75, 3.05) is 20.3 Å². The van der Waals surface area contributed by atoms with Crippen LogP contribution in [-0.2, 0) is 6.42 Å². The smallest absolute Gasteiger partial charge is 0.126 e. The molecular weight excluding hydrogens is 357 g/mol. The zero-order valence-electron chi connectivity index (χ0n) is 15.4. The van der Waals surface area contributed by atoms with Crippen LogP contribution in [0.2, 0.25) is 0 Å². The van der Waals surface area contributed by atoms with Gasteiger partial charge >= 0.3 is 0 Å². The van der Waals surface area contributed by atoms with Gasteiger partial charge in [0, 0.05) is 18.2 Å². The molecule has 2 N–H and O–H groups in total. The van der Waals surface area contributed by atoms with Crippen molar-refractivity contribution in [3.8, 4) is 11.5 Å². The Morgan fingerprint density at radius 1 is 1.12 bits per heavy atom. The van der Waals surface area contributed by atoms with Gasteiger partial charge in [0.05, 0.1) is 7.11 Å². The zero-order valence-corrected chi connectivity index (χ0v) is 16.2. The number of hydrogen-bond donors (Lipinski definition) is 2. The van der Waals surface area contributed by atoms with Gasteiger partial charge in [-0.05, 0) is 50.1 Å². The molecule has 6 heteroatoms. The Morgan fingerprint density at radius 2 is 1.81 bits per heavy atom. The van der Waals surface area contributed by atoms with Crippen molar-refractivity contribution < 1.29 is 19.0 Å². The van der Waals surface area contributed by atoms with E-state index in [0.717, 1.165) is 12.2 Å². The van der Waals surface area contributed by atoms with Gasteiger partial charge in [-0.3, -0.25) is 0 Å². The highest BCUT2D eigenvalue weighted by atomic mass is 35.5. The summed E-state index contributed by atoms with van der Waals surface area (Å²) >= 11 is 0. The second-order valence-corrected chi connectivity index (χ2v) is 6.71. The monoisotopic (exact) mass is 383 g/mol. The third-order valence-corrected chi connectivity index (χ3v) is 3.86. The van der Waals surface area contributed by atoms with Crippen molar-refractivity contribution in [3.05, 3.63) is 59.9 Å². The van der Waals surface area contributed by atoms with Crippen LogP contribution in [0.5, 0.6) is 11.5 Å². The van der Waals surface area contributed by atoms with Crippen molar-refractivity contribution in [1.29, 1.82) is 0 Å². The van der Waals surface area contributed by atoms with E-state index in [1.54, 1.807) is 19.2 Å². The molecule has 0 aliphatic carbocycles. The van der Waals surface area contributed by atoms with Crippen LogP contribution in [0, 0.1) is 5.82 Å². The normalized spacial score (nSPS) is 12.2. The first-order chi connectivity index (χ1) is 11.9. The molecule has 0 aliphatic heterocycles. The number of hydrogen-bond acceptors (Lipinski definition) is 4. The SMILES string of the molecule is COc1ccc(CC(C)(C)NCC(O)COc2cccc(F)c2)cc1.Cl. The molecule has 2 aromatic rings. The maximum absolute atomic E-state index is 13.1. The Hall–Kier alpha value is -1.82. The Labute approximate surface area is 160 Å². The molecule has 0 saturated heterocycles. The van der Waals surface area contributed by atoms with E-state index in [-0.39, 0.29) is 30.4 Å². The van der Waals surface area contributed by atoms with Gasteiger partial charge in [0.1, 0.15) is 30.0 Å². The molecule has 1 atom stereocenters. The molecule has 0 heterocycles. The molecule has 4 nitrogen and oxygen atoms in total. The van der Waals surface area contributed by atoms with Crippen molar-refractivity contribution >= 4 is 12.4 Å². The Balaban J connectivity index is 0.00000338. The van der Waals surface area contributed by atoms with Crippen LogP contribution in [0.25, 0.3) is 0 Å². The van der Waals surface area contributed by atoms with E-state index in [0.29, 0.717) is 12.3 Å². The van der Waals surface area contributed by atoms with Crippen molar-refractivity contribution in [2.45, 2.75) is 31.9 Å². The Kier molecular flexibility index (Phi) is 8.85. The maximum atomic E-state index is 13.1. The van der Waals surface area contributed by atoms with Crippen LogP contribution in [0.3, 0.4) is 0 Å². The number of rotatable bonds is 9. The number of aliphatic hydroxyl groups excluding tert-OH is 1. The van der Waals surface area contributed by atoms with E-state index in [9.17, 15) is 9.50 Å². The second kappa shape index (κ2) is 10.4. The third-order valence-electron chi connectivity index (χ3n) is 3.86. The Morgan fingerprint density at radius 3 is 2.42 bits per heavy atom. The molecule has 0 amide bonds. The van der Waals surface area contributed by atoms with Gasteiger partial charge in [-0.1, -0.05) is 18.2 Å². The number of aliphatic hydroxyl groups is 1. The average Bonchev–Trinajstić information content (AvgIpc) is 2.59. The van der Waals surface area contributed by atoms with Gasteiger partial charge in [0.15, 0.2) is 0 Å². The van der Waals surface area contributed by atoms with E-state index < -0.39 is 6.10 Å². The van der Waals surface area contributed by atoms with Gasteiger partial charge in [0.2, 0.25) is 0 Å². The maximum Gasteiger partial charge on any atom is 0.126 e. The number of methoxy groups -OCH3 is 1. The number of benzene rings is 2. The summed E-state index contributed by atoms with van der Waals surface area (Å²) in [7, 11) is 1.65. The summed E-state index contributed by atoms with van der Waals surface area (Å²) in [6, 6.07) is 13.8. The molecule has 0 saturated carbocycles. The molecule has 26 heavy (non-hydrogen) atoms. The fourth-order valence-corrected chi connectivity index (χ4v) is 2.52. The summed E-state index contributed by atoms with van der Waals surface area (Å²) in [4.78, 5) is 0. The molecule has 0 bridgehead atoms. The van der Waals surface area contributed by atoms with E-state index in [1.165, 1.54) is 17.7 Å². The van der Waals surface area contributed by atoms with Gasteiger partial charge in [-0.15, -0.1) is 12.4 Å². The lowest BCUT2D eigenvalue weighted by atomic mass is 9.94. The molecule has 0 aliphatic rings. The van der Waals surface area contributed by atoms with E-state index in [4.69, 9.17) is 9.47 Å². The molecule has 0 aromatic heterocycles. The molecule has 144 valence electrons. The van der Waals surface area contributed by atoms with E-state index in [1.807, 2.05) is 24.3 Å². The summed E-state index contributed by atoms with van der Waals surface area (Å²) in [5.74, 6) is 0.890. The predicted octanol–water partition coefficient (Wildman–Crippen LogP) is 3.61. The molecular formula is C20H27ClFNO3. The van der Waals surface area contributed by atoms with Crippen LogP contribution in [0.1, 0.15) is 19.4 Å². The standard InChI is InChI=1S/C20H26FNO3.ClH/c1-20(2,12-15-7-9-18(24-3)10-8-15)22-13-17(23)14-25-19-6-4-5-16(21)11-19;/h4-11,17,22-23H,12-14H2,1-3H3;1H. The van der Waals surface area contributed by atoms with Crippen LogP contribution in [0.4, 0.5) is 4.39 Å². The molecule has 0 spiro atoms. The predicted molar refractivity (Wildman–Crippen MR) is 104 cm³/mol. The summed E-state index contributed by atoms with van der Waals surface area (Å²) in [5.41, 5.74) is 0.998. The summed E-state index contributed by atoms with van der Waals surface area (Å²) in [6.45, 7) is 4.66. The zero-order chi connectivity index (χ0) is 18.3. The first-order valence-electron chi connectivity index (χ1n) is 8.32. The van der Waals surface area contributed by atoms with Gasteiger partial charge in [0.25, 0.3) is 0 Å². The van der Waals surface area contributed by atoms with Gasteiger partial charge in [-0.2, -0.15) is 0 Å². The van der Waals surface area contributed by atoms with Gasteiger partial charge in [-0.25, -0.2) is 4.39 Å². The third kappa shape index (κ3) is 7.60. The lowest BCUT2D eigenvalue weighted by molar-refractivity contribution is 0.0987. The topological polar surface area (TPSA) is 50.7 Å². The highest BCUT2D eigenvalue weighted by Crippen LogP contribution is 2.17. The minimum absolute atomic E-state index is 0. The van der Waals surface area contributed by atoms with Crippen LogP contribution in [0.15, 0.2) is 48.5 Å². The number of β-amino-alcohol motifs (C(OH)–C–C–N with tert-alkyl or cyclic N) is 1. The summed E-state index contributed by atoms with van der Waals surface area (Å²) < 4.78 is 23.7. The number of halogens is 2. The fourth-order valence-electron chi connectivity index (χ4n) is 2.52.